The zero-order valence-corrected chi connectivity index (χ0v) is 56.1. The lowest BCUT2D eigenvalue weighted by atomic mass is 9.33. The zero-order chi connectivity index (χ0) is 64.3. The maximum absolute atomic E-state index is 3.15. The van der Waals surface area contributed by atoms with Gasteiger partial charge in [-0.05, 0) is 153 Å². The summed E-state index contributed by atoms with van der Waals surface area (Å²) in [5.41, 5.74) is 18.6. The Labute approximate surface area is 574 Å². The first-order chi connectivity index (χ1) is 48.1. The second-order valence-electron chi connectivity index (χ2n) is 25.4. The number of fused-ring (bicyclic) bond motifs is 6. The van der Waals surface area contributed by atoms with Gasteiger partial charge in [0.25, 0.3) is 6.71 Å². The minimum absolute atomic E-state index is 0.204. The lowest BCUT2D eigenvalue weighted by Crippen LogP contribution is -2.75. The molecule has 18 rings (SSSR count). The van der Waals surface area contributed by atoms with Gasteiger partial charge in [0, 0.05) is 43.9 Å². The van der Waals surface area contributed by atoms with E-state index in [2.05, 4.69) is 403 Å². The Morgan fingerprint density at radius 1 is 0.206 bits per heavy atom. The summed E-state index contributed by atoms with van der Waals surface area (Å²) in [5, 5.41) is 10.6. The van der Waals surface area contributed by atoms with Crippen LogP contribution < -0.4 is 72.6 Å². The van der Waals surface area contributed by atoms with Crippen LogP contribution >= 0.6 is 11.8 Å². The smallest absolute Gasteiger partial charge is 0.252 e. The quantitative estimate of drug-likeness (QED) is 0.0840. The van der Waals surface area contributed by atoms with E-state index >= 15 is 0 Å². The Hall–Kier alpha value is -11.5. The van der Waals surface area contributed by atoms with Crippen LogP contribution in [0, 0.1) is 0 Å². The van der Waals surface area contributed by atoms with Gasteiger partial charge < -0.3 is 14.7 Å². The van der Waals surface area contributed by atoms with Gasteiger partial charge in [-0.2, -0.15) is 0 Å². The van der Waals surface area contributed by atoms with Gasteiger partial charge in [0.05, 0.1) is 17.1 Å². The van der Waals surface area contributed by atoms with Crippen molar-refractivity contribution in [2.24, 2.45) is 0 Å². The highest BCUT2D eigenvalue weighted by molar-refractivity contribution is 7.99. The van der Waals surface area contributed by atoms with Gasteiger partial charge in [-0.3, -0.25) is 0 Å². The molecule has 0 aliphatic carbocycles. The molecular formula is C90H64BN3SSi2. The predicted molar refractivity (Wildman–Crippen MR) is 417 cm³/mol. The van der Waals surface area contributed by atoms with Crippen molar-refractivity contribution >= 4 is 144 Å². The van der Waals surface area contributed by atoms with Crippen molar-refractivity contribution in [2.45, 2.75) is 9.79 Å². The minimum Gasteiger partial charge on any atom is -0.311 e. The fourth-order valence-electron chi connectivity index (χ4n) is 16.1. The molecular weight excluding hydrogens is 1220 g/mol. The summed E-state index contributed by atoms with van der Waals surface area (Å²) in [6.07, 6.45) is 0. The van der Waals surface area contributed by atoms with Gasteiger partial charge in [0.2, 0.25) is 0 Å². The SMILES string of the molecule is c1ccc(-c2ccc(N3c4ccc(-c5ccccc5)cc4B4c5ccc([Si](c6ccccc6)(c6ccccc6)c6ccccc6)cc5N(c5cccc([Si](c6ccccc6)(c6ccccc6)c6ccccc6)c5)c5cc(N6c7ccccc7Sc7ccccc76)cc3c54)cc2)cc1. The van der Waals surface area contributed by atoms with Crippen LogP contribution in [0.2, 0.25) is 0 Å². The van der Waals surface area contributed by atoms with Crippen LogP contribution in [0.4, 0.5) is 51.2 Å². The third-order valence-corrected chi connectivity index (χ3v) is 31.0. The Morgan fingerprint density at radius 3 is 1.05 bits per heavy atom. The van der Waals surface area contributed by atoms with Crippen molar-refractivity contribution in [3.8, 4) is 22.3 Å². The molecule has 456 valence electrons. The van der Waals surface area contributed by atoms with Crippen molar-refractivity contribution in [1.82, 2.24) is 0 Å². The summed E-state index contributed by atoms with van der Waals surface area (Å²) in [7, 11) is -6.25. The molecule has 0 radical (unpaired) electrons. The van der Waals surface area contributed by atoms with E-state index in [0.29, 0.717) is 0 Å². The van der Waals surface area contributed by atoms with Crippen LogP contribution in [-0.2, 0) is 0 Å². The number of hydrogen-bond donors (Lipinski definition) is 0. The van der Waals surface area contributed by atoms with E-state index in [4.69, 9.17) is 0 Å². The average Bonchev–Trinajstić information content (AvgIpc) is 0.691. The first-order valence-electron chi connectivity index (χ1n) is 33.5. The molecule has 0 aromatic heterocycles. The van der Waals surface area contributed by atoms with E-state index in [0.717, 1.165) is 51.2 Å². The highest BCUT2D eigenvalue weighted by Crippen LogP contribution is 2.54. The van der Waals surface area contributed by atoms with Crippen molar-refractivity contribution in [3.05, 3.63) is 388 Å². The van der Waals surface area contributed by atoms with Gasteiger partial charge in [-0.15, -0.1) is 0 Å². The molecule has 0 atom stereocenters. The summed E-state index contributed by atoms with van der Waals surface area (Å²) in [6.45, 7) is -0.204. The number of hydrogen-bond acceptors (Lipinski definition) is 4. The highest BCUT2D eigenvalue weighted by atomic mass is 32.2. The summed E-state index contributed by atoms with van der Waals surface area (Å²) in [6, 6.07) is 147. The fourth-order valence-corrected chi connectivity index (χ4v) is 26.7. The second-order valence-corrected chi connectivity index (χ2v) is 34.1. The van der Waals surface area contributed by atoms with Gasteiger partial charge in [-0.25, -0.2) is 0 Å². The average molecular weight is 1290 g/mol. The van der Waals surface area contributed by atoms with Crippen molar-refractivity contribution in [2.75, 3.05) is 14.7 Å². The standard InChI is InChI=1S/C90H64BN3SSi2/c1-9-30-65(31-10-1)67-52-55-69(56-53-67)92-82-59-54-68(66-32-11-2-12-33-66)60-81(82)91-80-58-57-79(97(75-41-19-6-20-42-75,76-43-21-7-22-44-76)77-45-23-8-24-46-77)64-85(80)93(87-63-71(62-86(92)90(87)91)94-83-48-25-27-50-88(83)95-89-51-28-26-49-84(89)94)70-34-29-47-78(61-70)96(72-35-13-3-14-36-72,73-37-15-4-16-38-73)74-39-17-5-18-40-74/h1-64H. The van der Waals surface area contributed by atoms with Crippen LogP contribution in [-0.4, -0.2) is 22.9 Å². The summed E-state index contributed by atoms with van der Waals surface area (Å²) in [4.78, 5) is 10.2. The molecule has 3 heterocycles. The van der Waals surface area contributed by atoms with E-state index in [9.17, 15) is 0 Å². The van der Waals surface area contributed by atoms with E-state index in [-0.39, 0.29) is 6.71 Å². The first kappa shape index (κ1) is 58.2. The first-order valence-corrected chi connectivity index (χ1v) is 38.3. The molecule has 15 aromatic rings. The van der Waals surface area contributed by atoms with Crippen molar-refractivity contribution < 1.29 is 0 Å². The van der Waals surface area contributed by atoms with E-state index in [1.54, 1.807) is 0 Å². The van der Waals surface area contributed by atoms with Crippen LogP contribution in [0.1, 0.15) is 0 Å². The predicted octanol–water partition coefficient (Wildman–Crippen LogP) is 15.8. The van der Waals surface area contributed by atoms with Crippen LogP contribution in [0.15, 0.2) is 398 Å². The Kier molecular flexibility index (Phi) is 14.6. The summed E-state index contributed by atoms with van der Waals surface area (Å²) >= 11 is 1.85. The zero-order valence-electron chi connectivity index (χ0n) is 53.3. The largest absolute Gasteiger partial charge is 0.311 e. The molecule has 0 spiro atoms. The monoisotopic (exact) mass is 1290 g/mol. The summed E-state index contributed by atoms with van der Waals surface area (Å²) < 4.78 is 0. The van der Waals surface area contributed by atoms with E-state index < -0.39 is 16.1 Å². The van der Waals surface area contributed by atoms with Crippen molar-refractivity contribution in [3.63, 3.8) is 0 Å². The third-order valence-electron chi connectivity index (χ3n) is 20.3. The molecule has 0 saturated carbocycles. The van der Waals surface area contributed by atoms with E-state index in [1.165, 1.54) is 89.9 Å². The number of nitrogens with zero attached hydrogens (tertiary/aromatic N) is 3. The molecule has 15 aromatic carbocycles. The highest BCUT2D eigenvalue weighted by Gasteiger charge is 2.48. The van der Waals surface area contributed by atoms with Crippen molar-refractivity contribution in [1.29, 1.82) is 0 Å². The summed E-state index contributed by atoms with van der Waals surface area (Å²) in [5.74, 6) is 0. The van der Waals surface area contributed by atoms with Gasteiger partial charge in [0.1, 0.15) is 0 Å². The van der Waals surface area contributed by atoms with Crippen LogP contribution in [0.25, 0.3) is 22.3 Å². The molecule has 7 heteroatoms. The molecule has 0 bridgehead atoms. The topological polar surface area (TPSA) is 9.72 Å². The minimum atomic E-state index is -3.15. The molecule has 3 aliphatic heterocycles. The number of para-hydroxylation sites is 2. The Morgan fingerprint density at radius 2 is 0.577 bits per heavy atom. The van der Waals surface area contributed by atoms with Gasteiger partial charge in [-0.1, -0.05) is 327 Å². The lowest BCUT2D eigenvalue weighted by molar-refractivity contribution is 1.16. The third kappa shape index (κ3) is 9.63. The lowest BCUT2D eigenvalue weighted by Gasteiger charge is -2.46. The van der Waals surface area contributed by atoms with Gasteiger partial charge in [0.15, 0.2) is 16.1 Å². The molecule has 0 N–H and O–H groups in total. The Balaban J connectivity index is 0.990. The molecule has 97 heavy (non-hydrogen) atoms. The van der Waals surface area contributed by atoms with Crippen LogP contribution in [0.5, 0.6) is 0 Å². The second kappa shape index (κ2) is 24.4. The normalized spacial score (nSPS) is 12.8. The van der Waals surface area contributed by atoms with E-state index in [1.807, 2.05) is 11.8 Å². The fraction of sp³-hybridized carbons (Fsp3) is 0. The van der Waals surface area contributed by atoms with Gasteiger partial charge >= 0.3 is 0 Å². The molecule has 0 saturated heterocycles. The molecule has 3 nitrogen and oxygen atoms in total. The molecule has 3 aliphatic rings. The number of anilines is 9. The number of rotatable bonds is 13. The molecule has 0 fully saturated rings. The Bertz CT molecular complexity index is 5140. The maximum Gasteiger partial charge on any atom is 0.252 e. The molecule has 0 unspecified atom stereocenters. The van der Waals surface area contributed by atoms with Crippen LogP contribution in [0.3, 0.4) is 0 Å². The molecule has 0 amide bonds. The number of benzene rings is 15. The maximum atomic E-state index is 2.70.